The molecule has 6 rings (SSSR count). The predicted molar refractivity (Wildman–Crippen MR) is 139 cm³/mol. The van der Waals surface area contributed by atoms with Crippen LogP contribution in [0.2, 0.25) is 0 Å². The van der Waals surface area contributed by atoms with Crippen molar-refractivity contribution >= 4 is 11.7 Å². The molecule has 1 aliphatic carbocycles. The summed E-state index contributed by atoms with van der Waals surface area (Å²) in [5.41, 5.74) is 2.22. The summed E-state index contributed by atoms with van der Waals surface area (Å²) < 4.78 is 16.3. The second kappa shape index (κ2) is 10.5. The molecule has 2 saturated heterocycles. The maximum atomic E-state index is 14.2. The number of fused-ring (bicyclic) bond motifs is 1. The second-order valence-corrected chi connectivity index (χ2v) is 11.3. The van der Waals surface area contributed by atoms with E-state index >= 15 is 0 Å². The van der Waals surface area contributed by atoms with Crippen LogP contribution >= 0.6 is 0 Å². The molecule has 37 heavy (non-hydrogen) atoms. The van der Waals surface area contributed by atoms with Crippen LogP contribution in [0.3, 0.4) is 0 Å². The van der Waals surface area contributed by atoms with Gasteiger partial charge in [-0.25, -0.2) is 14.4 Å². The maximum Gasteiger partial charge on any atom is 0.320 e. The predicted octanol–water partition coefficient (Wildman–Crippen LogP) is 4.41. The van der Waals surface area contributed by atoms with Crippen LogP contribution in [0, 0.1) is 17.7 Å². The van der Waals surface area contributed by atoms with Gasteiger partial charge in [0, 0.05) is 49.6 Å². The number of aliphatic carboxylic acids is 1. The minimum Gasteiger partial charge on any atom is -0.480 e. The van der Waals surface area contributed by atoms with E-state index in [-0.39, 0.29) is 17.7 Å². The normalized spacial score (nSPS) is 24.9. The molecule has 2 aromatic heterocycles. The quantitative estimate of drug-likeness (QED) is 0.489. The number of hydrogen-bond acceptors (Lipinski definition) is 5. The number of likely N-dealkylation sites (tertiary alicyclic amines) is 2. The highest BCUT2D eigenvalue weighted by Gasteiger charge is 2.41. The molecule has 1 aromatic carbocycles. The monoisotopic (exact) mass is 505 g/mol. The summed E-state index contributed by atoms with van der Waals surface area (Å²) in [6, 6.07) is 8.43. The molecule has 2 aliphatic heterocycles. The van der Waals surface area contributed by atoms with Crippen LogP contribution in [0.1, 0.15) is 61.6 Å². The summed E-state index contributed by atoms with van der Waals surface area (Å²) in [4.78, 5) is 25.8. The number of carboxylic acids is 1. The van der Waals surface area contributed by atoms with Gasteiger partial charge in [0.15, 0.2) is 0 Å². The maximum absolute atomic E-state index is 14.2. The van der Waals surface area contributed by atoms with Crippen LogP contribution in [-0.4, -0.2) is 74.0 Å². The molecule has 0 unspecified atom stereocenters. The first-order chi connectivity index (χ1) is 18.0. The van der Waals surface area contributed by atoms with Gasteiger partial charge in [-0.2, -0.15) is 0 Å². The van der Waals surface area contributed by atoms with Gasteiger partial charge in [0.2, 0.25) is 5.78 Å². The number of rotatable bonds is 8. The van der Waals surface area contributed by atoms with Gasteiger partial charge in [-0.3, -0.25) is 14.1 Å². The van der Waals surface area contributed by atoms with Crippen molar-refractivity contribution in [2.24, 2.45) is 11.8 Å². The minimum absolute atomic E-state index is 0.140. The SMILES string of the molecule is O=C(O)[C@@H](CC1CCC1)N1C[C@H](CN2CCC(c3cnc4ncccn34)CC2)[C@@H](c2cccc(F)c2)C1. The van der Waals surface area contributed by atoms with Crippen LogP contribution in [0.15, 0.2) is 48.9 Å². The van der Waals surface area contributed by atoms with Crippen molar-refractivity contribution in [1.29, 1.82) is 0 Å². The van der Waals surface area contributed by atoms with Crippen LogP contribution < -0.4 is 0 Å². The van der Waals surface area contributed by atoms with Gasteiger partial charge in [0.05, 0.1) is 6.20 Å². The van der Waals surface area contributed by atoms with Crippen molar-refractivity contribution in [3.8, 4) is 0 Å². The van der Waals surface area contributed by atoms with Crippen LogP contribution in [-0.2, 0) is 4.79 Å². The van der Waals surface area contributed by atoms with Crippen molar-refractivity contribution in [1.82, 2.24) is 24.2 Å². The van der Waals surface area contributed by atoms with E-state index in [0.29, 0.717) is 18.4 Å². The van der Waals surface area contributed by atoms with Gasteiger partial charge >= 0.3 is 5.97 Å². The van der Waals surface area contributed by atoms with Gasteiger partial charge in [-0.1, -0.05) is 31.4 Å². The smallest absolute Gasteiger partial charge is 0.320 e. The standard InChI is InChI=1S/C29H36FN5O2/c30-24-7-2-6-22(15-24)25-19-34(26(28(36)37)14-20-4-1-5-20)18-23(25)17-33-12-8-21(9-13-33)27-16-32-29-31-10-3-11-35(27)29/h2-3,6-7,10-11,15-16,20-21,23,25-26H,1,4-5,8-9,12-14,17-19H2,(H,36,37)/t23-,25+,26+/m0/s1. The molecule has 0 spiro atoms. The molecule has 3 atom stereocenters. The molecule has 7 nitrogen and oxygen atoms in total. The van der Waals surface area contributed by atoms with Crippen LogP contribution in [0.25, 0.3) is 5.78 Å². The first-order valence-electron chi connectivity index (χ1n) is 13.8. The average Bonchev–Trinajstić information content (AvgIpc) is 3.48. The Labute approximate surface area is 217 Å². The van der Waals surface area contributed by atoms with Gasteiger partial charge in [-0.05, 0) is 68.0 Å². The van der Waals surface area contributed by atoms with Gasteiger partial charge in [0.25, 0.3) is 0 Å². The molecule has 8 heteroatoms. The van der Waals surface area contributed by atoms with E-state index in [2.05, 4.69) is 24.2 Å². The zero-order valence-corrected chi connectivity index (χ0v) is 21.3. The highest BCUT2D eigenvalue weighted by molar-refractivity contribution is 5.73. The number of carboxylic acid groups (broad SMARTS) is 1. The van der Waals surface area contributed by atoms with E-state index in [1.54, 1.807) is 18.3 Å². The molecular formula is C29H36FN5O2. The zero-order chi connectivity index (χ0) is 25.4. The Morgan fingerprint density at radius 1 is 1.11 bits per heavy atom. The third-order valence-corrected chi connectivity index (χ3v) is 9.07. The molecule has 0 amide bonds. The summed E-state index contributed by atoms with van der Waals surface area (Å²) in [5.74, 6) is 1.22. The number of benzene rings is 1. The molecular weight excluding hydrogens is 469 g/mol. The number of imidazole rings is 1. The Hall–Kier alpha value is -2.84. The Morgan fingerprint density at radius 2 is 1.95 bits per heavy atom. The Kier molecular flexibility index (Phi) is 6.95. The minimum atomic E-state index is -0.714. The molecule has 0 bridgehead atoms. The molecule has 1 saturated carbocycles. The van der Waals surface area contributed by atoms with Crippen LogP contribution in [0.5, 0.6) is 0 Å². The number of carbonyl (C=O) groups is 1. The number of halogens is 1. The lowest BCUT2D eigenvalue weighted by molar-refractivity contribution is -0.144. The van der Waals surface area contributed by atoms with Crippen LogP contribution in [0.4, 0.5) is 4.39 Å². The Balaban J connectivity index is 1.15. The van der Waals surface area contributed by atoms with E-state index in [4.69, 9.17) is 0 Å². The van der Waals surface area contributed by atoms with Crippen molar-refractivity contribution in [3.05, 3.63) is 66.0 Å². The van der Waals surface area contributed by atoms with Crippen molar-refractivity contribution in [2.45, 2.75) is 56.4 Å². The largest absolute Gasteiger partial charge is 0.480 e. The molecule has 3 fully saturated rings. The number of nitrogens with zero attached hydrogens (tertiary/aromatic N) is 5. The Bertz CT molecular complexity index is 1240. The van der Waals surface area contributed by atoms with E-state index in [0.717, 1.165) is 69.6 Å². The van der Waals surface area contributed by atoms with Gasteiger partial charge < -0.3 is 10.0 Å². The first-order valence-corrected chi connectivity index (χ1v) is 13.8. The van der Waals surface area contributed by atoms with Crippen molar-refractivity contribution in [2.75, 3.05) is 32.7 Å². The zero-order valence-electron chi connectivity index (χ0n) is 21.3. The number of aromatic nitrogens is 3. The van der Waals surface area contributed by atoms with E-state index in [1.165, 1.54) is 18.2 Å². The van der Waals surface area contributed by atoms with Crippen molar-refractivity contribution < 1.29 is 14.3 Å². The fraction of sp³-hybridized carbons (Fsp3) is 0.552. The summed E-state index contributed by atoms with van der Waals surface area (Å²) >= 11 is 0. The molecule has 0 radical (unpaired) electrons. The second-order valence-electron chi connectivity index (χ2n) is 11.3. The number of piperidine rings is 1. The molecule has 4 heterocycles. The van der Waals surface area contributed by atoms with Crippen molar-refractivity contribution in [3.63, 3.8) is 0 Å². The van der Waals surface area contributed by atoms with E-state index in [9.17, 15) is 14.3 Å². The van der Waals surface area contributed by atoms with E-state index in [1.807, 2.05) is 24.5 Å². The highest BCUT2D eigenvalue weighted by Crippen LogP contribution is 2.39. The fourth-order valence-electron chi connectivity index (χ4n) is 6.80. The summed E-state index contributed by atoms with van der Waals surface area (Å²) in [6.07, 6.45) is 12.1. The lowest BCUT2D eigenvalue weighted by Gasteiger charge is -2.35. The average molecular weight is 506 g/mol. The topological polar surface area (TPSA) is 74.0 Å². The fourth-order valence-corrected chi connectivity index (χ4v) is 6.80. The number of hydrogen-bond donors (Lipinski definition) is 1. The third kappa shape index (κ3) is 5.14. The third-order valence-electron chi connectivity index (χ3n) is 9.07. The lowest BCUT2D eigenvalue weighted by Crippen LogP contribution is -2.43. The van der Waals surface area contributed by atoms with Gasteiger partial charge in [-0.15, -0.1) is 0 Å². The summed E-state index contributed by atoms with van der Waals surface area (Å²) in [5, 5.41) is 10.1. The van der Waals surface area contributed by atoms with Gasteiger partial charge in [0.1, 0.15) is 11.9 Å². The molecule has 3 aromatic rings. The lowest BCUT2D eigenvalue weighted by atomic mass is 9.80. The summed E-state index contributed by atoms with van der Waals surface area (Å²) in [7, 11) is 0. The van der Waals surface area contributed by atoms with E-state index < -0.39 is 12.0 Å². The highest BCUT2D eigenvalue weighted by atomic mass is 19.1. The Morgan fingerprint density at radius 3 is 2.68 bits per heavy atom. The molecule has 3 aliphatic rings. The molecule has 1 N–H and O–H groups in total. The first kappa shape index (κ1) is 24.5. The molecule has 196 valence electrons. The summed E-state index contributed by atoms with van der Waals surface area (Å²) in [6.45, 7) is 4.34.